The summed E-state index contributed by atoms with van der Waals surface area (Å²) >= 11 is 0. The molecule has 1 saturated heterocycles. The minimum absolute atomic E-state index is 0.0501. The number of aromatic nitrogens is 1. The Morgan fingerprint density at radius 1 is 0.931 bits per heavy atom. The van der Waals surface area contributed by atoms with Gasteiger partial charge in [-0.3, -0.25) is 9.59 Å². The van der Waals surface area contributed by atoms with Gasteiger partial charge in [0, 0.05) is 49.2 Å². The summed E-state index contributed by atoms with van der Waals surface area (Å²) in [4.78, 5) is 32.6. The largest absolute Gasteiger partial charge is 0.361 e. The van der Waals surface area contributed by atoms with E-state index in [0.717, 1.165) is 22.9 Å². The average molecular weight is 389 g/mol. The molecule has 4 rings (SSSR count). The summed E-state index contributed by atoms with van der Waals surface area (Å²) in [6.45, 7) is 4.41. The first-order chi connectivity index (χ1) is 14.1. The molecule has 1 fully saturated rings. The third kappa shape index (κ3) is 4.34. The second-order valence-electron chi connectivity index (χ2n) is 7.83. The highest BCUT2D eigenvalue weighted by atomic mass is 16.2. The molecule has 1 aromatic heterocycles. The number of benzene rings is 2. The first-order valence-electron chi connectivity index (χ1n) is 10.3. The highest BCUT2D eigenvalue weighted by Gasteiger charge is 2.27. The monoisotopic (exact) mass is 389 g/mol. The summed E-state index contributed by atoms with van der Waals surface area (Å²) < 4.78 is 0. The first-order valence-corrected chi connectivity index (χ1v) is 10.3. The Bertz CT molecular complexity index is 988. The molecule has 2 aromatic carbocycles. The maximum absolute atomic E-state index is 12.8. The van der Waals surface area contributed by atoms with Gasteiger partial charge in [0.15, 0.2) is 0 Å². The van der Waals surface area contributed by atoms with Crippen molar-refractivity contribution in [2.75, 3.05) is 26.2 Å². The van der Waals surface area contributed by atoms with Crippen LogP contribution in [-0.4, -0.2) is 52.8 Å². The van der Waals surface area contributed by atoms with E-state index in [0.29, 0.717) is 32.6 Å². The van der Waals surface area contributed by atoms with Crippen molar-refractivity contribution in [3.05, 3.63) is 71.9 Å². The molecule has 1 unspecified atom stereocenters. The lowest BCUT2D eigenvalue weighted by molar-refractivity contribution is -0.141. The molecule has 2 heterocycles. The van der Waals surface area contributed by atoms with E-state index < -0.39 is 0 Å². The number of nitrogens with zero attached hydrogens (tertiary/aromatic N) is 2. The average Bonchev–Trinajstić information content (AvgIpc) is 3.17. The van der Waals surface area contributed by atoms with Crippen LogP contribution in [-0.2, 0) is 22.4 Å². The summed E-state index contributed by atoms with van der Waals surface area (Å²) in [6.07, 6.45) is 3.06. The number of H-pyrrole nitrogens is 1. The molecule has 0 spiro atoms. The van der Waals surface area contributed by atoms with Crippen molar-refractivity contribution in [2.45, 2.75) is 19.8 Å². The van der Waals surface area contributed by atoms with Gasteiger partial charge in [-0.25, -0.2) is 0 Å². The zero-order valence-corrected chi connectivity index (χ0v) is 16.8. The van der Waals surface area contributed by atoms with Crippen molar-refractivity contribution in [1.29, 1.82) is 0 Å². The first kappa shape index (κ1) is 19.2. The molecule has 0 radical (unpaired) electrons. The highest BCUT2D eigenvalue weighted by molar-refractivity contribution is 5.89. The van der Waals surface area contributed by atoms with Crippen LogP contribution in [0.2, 0.25) is 0 Å². The van der Waals surface area contributed by atoms with E-state index in [9.17, 15) is 9.59 Å². The zero-order chi connectivity index (χ0) is 20.2. The SMILES string of the molecule is CC(Cc1ccccc1)C(=O)N1CCN(C(=O)Cc2c[nH]c3ccccc23)CC1. The molecule has 1 aliphatic heterocycles. The summed E-state index contributed by atoms with van der Waals surface area (Å²) in [5.74, 6) is 0.252. The molecular formula is C24H27N3O2. The fourth-order valence-corrected chi connectivity index (χ4v) is 4.10. The lowest BCUT2D eigenvalue weighted by atomic mass is 9.99. The van der Waals surface area contributed by atoms with Crippen LogP contribution >= 0.6 is 0 Å². The molecule has 5 nitrogen and oxygen atoms in total. The van der Waals surface area contributed by atoms with Crippen LogP contribution in [0, 0.1) is 5.92 Å². The fraction of sp³-hybridized carbons (Fsp3) is 0.333. The molecule has 0 bridgehead atoms. The topological polar surface area (TPSA) is 56.4 Å². The smallest absolute Gasteiger partial charge is 0.227 e. The van der Waals surface area contributed by atoms with Crippen LogP contribution in [0.25, 0.3) is 10.9 Å². The maximum atomic E-state index is 12.8. The van der Waals surface area contributed by atoms with Crippen LogP contribution < -0.4 is 0 Å². The van der Waals surface area contributed by atoms with Crippen LogP contribution in [0.4, 0.5) is 0 Å². The Morgan fingerprint density at radius 3 is 2.34 bits per heavy atom. The number of hydrogen-bond acceptors (Lipinski definition) is 2. The molecule has 5 heteroatoms. The molecule has 29 heavy (non-hydrogen) atoms. The van der Waals surface area contributed by atoms with E-state index >= 15 is 0 Å². The van der Waals surface area contributed by atoms with Gasteiger partial charge in [0.2, 0.25) is 11.8 Å². The third-order valence-electron chi connectivity index (χ3n) is 5.77. The lowest BCUT2D eigenvalue weighted by Crippen LogP contribution is -2.52. The molecule has 0 aliphatic carbocycles. The van der Waals surface area contributed by atoms with Gasteiger partial charge in [-0.05, 0) is 23.6 Å². The Labute approximate surface area is 171 Å². The predicted molar refractivity (Wildman–Crippen MR) is 114 cm³/mol. The van der Waals surface area contributed by atoms with Crippen molar-refractivity contribution in [3.8, 4) is 0 Å². The van der Waals surface area contributed by atoms with Gasteiger partial charge < -0.3 is 14.8 Å². The minimum Gasteiger partial charge on any atom is -0.361 e. The van der Waals surface area contributed by atoms with Crippen LogP contribution in [0.15, 0.2) is 60.8 Å². The van der Waals surface area contributed by atoms with Crippen molar-refractivity contribution in [3.63, 3.8) is 0 Å². The summed E-state index contributed by atoms with van der Waals surface area (Å²) in [6, 6.07) is 18.2. The van der Waals surface area contributed by atoms with Gasteiger partial charge in [0.1, 0.15) is 0 Å². The van der Waals surface area contributed by atoms with Gasteiger partial charge in [0.25, 0.3) is 0 Å². The molecule has 1 atom stereocenters. The zero-order valence-electron chi connectivity index (χ0n) is 16.8. The minimum atomic E-state index is -0.0501. The Morgan fingerprint density at radius 2 is 1.59 bits per heavy atom. The van der Waals surface area contributed by atoms with E-state index in [2.05, 4.69) is 17.1 Å². The normalized spacial score (nSPS) is 15.5. The van der Waals surface area contributed by atoms with E-state index in [-0.39, 0.29) is 17.7 Å². The molecule has 1 aliphatic rings. The fourth-order valence-electron chi connectivity index (χ4n) is 4.10. The van der Waals surface area contributed by atoms with Gasteiger partial charge in [-0.15, -0.1) is 0 Å². The van der Waals surface area contributed by atoms with Crippen LogP contribution in [0.3, 0.4) is 0 Å². The Kier molecular flexibility index (Phi) is 5.65. The quantitative estimate of drug-likeness (QED) is 0.728. The van der Waals surface area contributed by atoms with E-state index in [4.69, 9.17) is 0 Å². The summed E-state index contributed by atoms with van der Waals surface area (Å²) in [7, 11) is 0. The second-order valence-corrected chi connectivity index (χ2v) is 7.83. The molecule has 2 amide bonds. The number of carbonyl (C=O) groups is 2. The van der Waals surface area contributed by atoms with Gasteiger partial charge in [-0.1, -0.05) is 55.5 Å². The highest BCUT2D eigenvalue weighted by Crippen LogP contribution is 2.19. The summed E-state index contributed by atoms with van der Waals surface area (Å²) in [5, 5.41) is 1.10. The van der Waals surface area contributed by atoms with Gasteiger partial charge in [0.05, 0.1) is 6.42 Å². The van der Waals surface area contributed by atoms with E-state index in [1.165, 1.54) is 5.56 Å². The number of para-hydroxylation sites is 1. The van der Waals surface area contributed by atoms with Crippen molar-refractivity contribution >= 4 is 22.7 Å². The van der Waals surface area contributed by atoms with E-state index in [1.807, 2.05) is 65.4 Å². The van der Waals surface area contributed by atoms with Crippen molar-refractivity contribution in [2.24, 2.45) is 5.92 Å². The number of amides is 2. The van der Waals surface area contributed by atoms with Crippen molar-refractivity contribution in [1.82, 2.24) is 14.8 Å². The Hall–Kier alpha value is -3.08. The lowest BCUT2D eigenvalue weighted by Gasteiger charge is -2.36. The molecule has 0 saturated carbocycles. The molecular weight excluding hydrogens is 362 g/mol. The number of aromatic amines is 1. The predicted octanol–water partition coefficient (Wildman–Crippen LogP) is 3.26. The number of hydrogen-bond donors (Lipinski definition) is 1. The van der Waals surface area contributed by atoms with E-state index in [1.54, 1.807) is 0 Å². The number of rotatable bonds is 5. The Balaban J connectivity index is 1.30. The maximum Gasteiger partial charge on any atom is 0.227 e. The molecule has 1 N–H and O–H groups in total. The van der Waals surface area contributed by atoms with Crippen LogP contribution in [0.5, 0.6) is 0 Å². The molecule has 3 aromatic rings. The second kappa shape index (κ2) is 8.52. The molecule has 150 valence electrons. The van der Waals surface area contributed by atoms with Crippen molar-refractivity contribution < 1.29 is 9.59 Å². The van der Waals surface area contributed by atoms with Gasteiger partial charge in [-0.2, -0.15) is 0 Å². The summed E-state index contributed by atoms with van der Waals surface area (Å²) in [5.41, 5.74) is 3.26. The number of piperazine rings is 1. The number of fused-ring (bicyclic) bond motifs is 1. The van der Waals surface area contributed by atoms with Crippen LogP contribution in [0.1, 0.15) is 18.1 Å². The number of nitrogens with one attached hydrogen (secondary N) is 1. The van der Waals surface area contributed by atoms with Gasteiger partial charge >= 0.3 is 0 Å². The number of carbonyl (C=O) groups excluding carboxylic acids is 2. The third-order valence-corrected chi connectivity index (χ3v) is 5.77. The standard InChI is InChI=1S/C24H27N3O2/c1-18(15-19-7-3-2-4-8-19)24(29)27-13-11-26(12-14-27)23(28)16-20-17-25-22-10-6-5-9-21(20)22/h2-10,17-18,25H,11-16H2,1H3.